The number of hydrogen-bond acceptors (Lipinski definition) is 4. The number of rotatable bonds is 5. The summed E-state index contributed by atoms with van der Waals surface area (Å²) in [7, 11) is -3.51. The number of hydrogen-bond donors (Lipinski definition) is 1. The number of benzene rings is 2. The van der Waals surface area contributed by atoms with E-state index < -0.39 is 10.0 Å². The van der Waals surface area contributed by atoms with E-state index in [0.29, 0.717) is 18.7 Å². The molecule has 0 unspecified atom stereocenters. The van der Waals surface area contributed by atoms with E-state index in [4.69, 9.17) is 0 Å². The summed E-state index contributed by atoms with van der Waals surface area (Å²) in [5.41, 5.74) is 2.35. The van der Waals surface area contributed by atoms with E-state index in [2.05, 4.69) is 10.2 Å². The summed E-state index contributed by atoms with van der Waals surface area (Å²) in [4.78, 5) is 15.2. The number of amides is 1. The molecular formula is C24H31N3O3S. The van der Waals surface area contributed by atoms with Crippen molar-refractivity contribution in [3.63, 3.8) is 0 Å². The van der Waals surface area contributed by atoms with Crippen molar-refractivity contribution in [2.45, 2.75) is 49.8 Å². The zero-order valence-corrected chi connectivity index (χ0v) is 18.7. The standard InChI is InChI=1S/C24H31N3O3S/c28-24(25-21-10-12-22(13-11-21)26-16-4-3-5-17-26)20-8-14-23(15-9-20)31(29,30)27-18-6-1-2-7-19-27/h8-15H,1-7,16-19H2,(H,25,28). The number of nitrogens with one attached hydrogen (secondary N) is 1. The largest absolute Gasteiger partial charge is 0.372 e. The molecule has 6 nitrogen and oxygen atoms in total. The van der Waals surface area contributed by atoms with Gasteiger partial charge in [-0.15, -0.1) is 0 Å². The highest BCUT2D eigenvalue weighted by Gasteiger charge is 2.25. The van der Waals surface area contributed by atoms with Gasteiger partial charge in [0, 0.05) is 43.1 Å². The molecule has 31 heavy (non-hydrogen) atoms. The topological polar surface area (TPSA) is 69.7 Å². The predicted molar refractivity (Wildman–Crippen MR) is 124 cm³/mol. The molecule has 1 N–H and O–H groups in total. The molecule has 2 aliphatic heterocycles. The molecular weight excluding hydrogens is 410 g/mol. The Bertz CT molecular complexity index is 974. The Labute approximate surface area is 185 Å². The molecule has 0 aliphatic carbocycles. The third-order valence-electron chi connectivity index (χ3n) is 6.17. The Morgan fingerprint density at radius 3 is 1.87 bits per heavy atom. The van der Waals surface area contributed by atoms with E-state index in [0.717, 1.165) is 44.5 Å². The van der Waals surface area contributed by atoms with Crippen LogP contribution < -0.4 is 10.2 Å². The average molecular weight is 442 g/mol. The first-order valence-corrected chi connectivity index (χ1v) is 12.7. The van der Waals surface area contributed by atoms with Crippen LogP contribution >= 0.6 is 0 Å². The molecule has 2 saturated heterocycles. The molecule has 2 aromatic rings. The first-order valence-electron chi connectivity index (χ1n) is 11.3. The van der Waals surface area contributed by atoms with Crippen LogP contribution in [0.5, 0.6) is 0 Å². The Morgan fingerprint density at radius 1 is 0.710 bits per heavy atom. The lowest BCUT2D eigenvalue weighted by molar-refractivity contribution is 0.102. The molecule has 0 atom stereocenters. The number of anilines is 2. The van der Waals surface area contributed by atoms with Gasteiger partial charge in [-0.3, -0.25) is 4.79 Å². The quantitative estimate of drug-likeness (QED) is 0.742. The second-order valence-electron chi connectivity index (χ2n) is 8.39. The predicted octanol–water partition coefficient (Wildman–Crippen LogP) is 4.49. The smallest absolute Gasteiger partial charge is 0.255 e. The molecule has 0 spiro atoms. The lowest BCUT2D eigenvalue weighted by Gasteiger charge is -2.28. The van der Waals surface area contributed by atoms with Crippen LogP contribution in [-0.4, -0.2) is 44.8 Å². The minimum Gasteiger partial charge on any atom is -0.372 e. The number of carbonyl (C=O) groups is 1. The second-order valence-corrected chi connectivity index (χ2v) is 10.3. The highest BCUT2D eigenvalue weighted by molar-refractivity contribution is 7.89. The molecule has 0 radical (unpaired) electrons. The van der Waals surface area contributed by atoms with Gasteiger partial charge in [-0.1, -0.05) is 12.8 Å². The first-order chi connectivity index (χ1) is 15.0. The maximum Gasteiger partial charge on any atom is 0.255 e. The van der Waals surface area contributed by atoms with E-state index in [1.165, 1.54) is 37.1 Å². The molecule has 0 bridgehead atoms. The van der Waals surface area contributed by atoms with Gasteiger partial charge in [-0.05, 0) is 80.6 Å². The summed E-state index contributed by atoms with van der Waals surface area (Å²) in [6.07, 6.45) is 7.69. The van der Waals surface area contributed by atoms with Gasteiger partial charge < -0.3 is 10.2 Å². The van der Waals surface area contributed by atoms with Crippen molar-refractivity contribution in [1.82, 2.24) is 4.31 Å². The van der Waals surface area contributed by atoms with Gasteiger partial charge in [-0.2, -0.15) is 4.31 Å². The van der Waals surface area contributed by atoms with Crippen LogP contribution in [0.2, 0.25) is 0 Å². The molecule has 4 rings (SSSR count). The molecule has 0 aromatic heterocycles. The van der Waals surface area contributed by atoms with Crippen LogP contribution in [0.25, 0.3) is 0 Å². The SMILES string of the molecule is O=C(Nc1ccc(N2CCCCC2)cc1)c1ccc(S(=O)(=O)N2CCCCCC2)cc1. The Morgan fingerprint density at radius 2 is 1.26 bits per heavy atom. The van der Waals surface area contributed by atoms with E-state index in [9.17, 15) is 13.2 Å². The van der Waals surface area contributed by atoms with Crippen molar-refractivity contribution < 1.29 is 13.2 Å². The highest BCUT2D eigenvalue weighted by atomic mass is 32.2. The van der Waals surface area contributed by atoms with Gasteiger partial charge in [0.25, 0.3) is 5.91 Å². The van der Waals surface area contributed by atoms with Gasteiger partial charge in [0.1, 0.15) is 0 Å². The molecule has 2 aliphatic rings. The summed E-state index contributed by atoms with van der Waals surface area (Å²) in [5, 5.41) is 2.90. The monoisotopic (exact) mass is 441 g/mol. The lowest BCUT2D eigenvalue weighted by Crippen LogP contribution is -2.31. The van der Waals surface area contributed by atoms with E-state index in [1.807, 2.05) is 24.3 Å². The summed E-state index contributed by atoms with van der Waals surface area (Å²) in [6.45, 7) is 3.30. The average Bonchev–Trinajstić information content (AvgIpc) is 3.11. The maximum atomic E-state index is 12.9. The molecule has 0 saturated carbocycles. The summed E-state index contributed by atoms with van der Waals surface area (Å²) in [6, 6.07) is 14.2. The minimum atomic E-state index is -3.51. The second kappa shape index (κ2) is 9.83. The van der Waals surface area contributed by atoms with Crippen molar-refractivity contribution >= 4 is 27.3 Å². The van der Waals surface area contributed by atoms with Crippen molar-refractivity contribution in [2.75, 3.05) is 36.4 Å². The third kappa shape index (κ3) is 5.28. The van der Waals surface area contributed by atoms with Gasteiger partial charge in [0.15, 0.2) is 0 Å². The summed E-state index contributed by atoms with van der Waals surface area (Å²) < 4.78 is 27.4. The molecule has 2 aromatic carbocycles. The van der Waals surface area contributed by atoms with Gasteiger partial charge in [0.05, 0.1) is 4.90 Å². The number of sulfonamides is 1. The van der Waals surface area contributed by atoms with Gasteiger partial charge in [-0.25, -0.2) is 8.42 Å². The summed E-state index contributed by atoms with van der Waals surface area (Å²) in [5.74, 6) is -0.246. The molecule has 166 valence electrons. The molecule has 2 heterocycles. The van der Waals surface area contributed by atoms with Crippen molar-refractivity contribution in [3.8, 4) is 0 Å². The fraction of sp³-hybridized carbons (Fsp3) is 0.458. The minimum absolute atomic E-state index is 0.246. The zero-order chi connectivity index (χ0) is 21.7. The van der Waals surface area contributed by atoms with Crippen LogP contribution in [0.1, 0.15) is 55.3 Å². The van der Waals surface area contributed by atoms with Crippen LogP contribution in [0, 0.1) is 0 Å². The highest BCUT2D eigenvalue weighted by Crippen LogP contribution is 2.23. The number of nitrogens with zero attached hydrogens (tertiary/aromatic N) is 2. The fourth-order valence-electron chi connectivity index (χ4n) is 4.32. The fourth-order valence-corrected chi connectivity index (χ4v) is 5.84. The lowest BCUT2D eigenvalue weighted by atomic mass is 10.1. The Balaban J connectivity index is 1.40. The van der Waals surface area contributed by atoms with Crippen LogP contribution in [0.15, 0.2) is 53.4 Å². The maximum absolute atomic E-state index is 12.9. The first kappa shape index (κ1) is 21.8. The number of carbonyl (C=O) groups excluding carboxylic acids is 1. The normalized spacial score (nSPS) is 18.4. The van der Waals surface area contributed by atoms with Crippen molar-refractivity contribution in [2.24, 2.45) is 0 Å². The van der Waals surface area contributed by atoms with Crippen LogP contribution in [0.3, 0.4) is 0 Å². The zero-order valence-electron chi connectivity index (χ0n) is 17.9. The van der Waals surface area contributed by atoms with E-state index in [1.54, 1.807) is 16.4 Å². The van der Waals surface area contributed by atoms with Crippen molar-refractivity contribution in [3.05, 3.63) is 54.1 Å². The van der Waals surface area contributed by atoms with Crippen LogP contribution in [-0.2, 0) is 10.0 Å². The van der Waals surface area contributed by atoms with Gasteiger partial charge >= 0.3 is 0 Å². The van der Waals surface area contributed by atoms with Crippen molar-refractivity contribution in [1.29, 1.82) is 0 Å². The van der Waals surface area contributed by atoms with Crippen LogP contribution in [0.4, 0.5) is 11.4 Å². The van der Waals surface area contributed by atoms with E-state index >= 15 is 0 Å². The summed E-state index contributed by atoms with van der Waals surface area (Å²) >= 11 is 0. The molecule has 2 fully saturated rings. The molecule has 1 amide bonds. The van der Waals surface area contributed by atoms with E-state index in [-0.39, 0.29) is 10.8 Å². The Kier molecular flexibility index (Phi) is 6.92. The number of piperidine rings is 1. The Hall–Kier alpha value is -2.38. The van der Waals surface area contributed by atoms with Gasteiger partial charge in [0.2, 0.25) is 10.0 Å². The third-order valence-corrected chi connectivity index (χ3v) is 8.08. The molecule has 7 heteroatoms.